The molecule has 0 fully saturated rings. The van der Waals surface area contributed by atoms with Crippen molar-refractivity contribution in [1.82, 2.24) is 14.8 Å². The van der Waals surface area contributed by atoms with Crippen molar-refractivity contribution in [3.05, 3.63) is 54.6 Å². The van der Waals surface area contributed by atoms with Gasteiger partial charge in [0.25, 0.3) is 0 Å². The van der Waals surface area contributed by atoms with Crippen LogP contribution in [0.4, 0.5) is 0 Å². The molecular formula is C13H14LiN3O. The van der Waals surface area contributed by atoms with E-state index in [9.17, 15) is 0 Å². The van der Waals surface area contributed by atoms with Gasteiger partial charge in [-0.1, -0.05) is 36.4 Å². The van der Waals surface area contributed by atoms with Crippen molar-refractivity contribution in [2.45, 2.75) is 13.2 Å². The van der Waals surface area contributed by atoms with Gasteiger partial charge in [0.15, 0.2) is 6.23 Å². The van der Waals surface area contributed by atoms with Gasteiger partial charge in [-0.25, -0.2) is 0 Å². The third-order valence-electron chi connectivity index (χ3n) is 2.23. The first-order valence-corrected chi connectivity index (χ1v) is 5.52. The predicted octanol–water partition coefficient (Wildman–Crippen LogP) is -0.669. The van der Waals surface area contributed by atoms with Crippen molar-refractivity contribution in [3.63, 3.8) is 0 Å². The van der Waals surface area contributed by atoms with Gasteiger partial charge in [-0.2, -0.15) is 0 Å². The molecule has 0 aliphatic rings. The molecule has 2 aromatic rings. The second-order valence-corrected chi connectivity index (χ2v) is 3.42. The maximum atomic E-state index is 5.55. The van der Waals surface area contributed by atoms with Crippen LogP contribution in [0.5, 0.6) is 0 Å². The Kier molecular flexibility index (Phi) is 6.45. The summed E-state index contributed by atoms with van der Waals surface area (Å²) in [6.45, 7) is 2.55. The van der Waals surface area contributed by atoms with Crippen molar-refractivity contribution in [2.75, 3.05) is 6.61 Å². The van der Waals surface area contributed by atoms with E-state index < -0.39 is 0 Å². The van der Waals surface area contributed by atoms with Crippen LogP contribution in [0, 0.1) is 6.33 Å². The molecule has 0 saturated heterocycles. The maximum absolute atomic E-state index is 5.55. The molecule has 2 rings (SSSR count). The summed E-state index contributed by atoms with van der Waals surface area (Å²) in [5.41, 5.74) is 1.12. The minimum absolute atomic E-state index is 0. The van der Waals surface area contributed by atoms with E-state index in [0.717, 1.165) is 5.56 Å². The zero-order valence-electron chi connectivity index (χ0n) is 10.7. The SMILES string of the molecule is CCOC(/C=C/c1ccccc1)n1[c-]ncn1.[Li+]. The van der Waals surface area contributed by atoms with Crippen molar-refractivity contribution in [3.8, 4) is 0 Å². The van der Waals surface area contributed by atoms with Gasteiger partial charge >= 0.3 is 18.9 Å². The Morgan fingerprint density at radius 1 is 1.39 bits per heavy atom. The average molecular weight is 235 g/mol. The fraction of sp³-hybridized carbons (Fsp3) is 0.231. The van der Waals surface area contributed by atoms with E-state index in [1.165, 1.54) is 6.33 Å². The fourth-order valence-electron chi connectivity index (χ4n) is 1.45. The number of benzene rings is 1. The van der Waals surface area contributed by atoms with E-state index in [4.69, 9.17) is 4.74 Å². The second-order valence-electron chi connectivity index (χ2n) is 3.42. The molecule has 18 heavy (non-hydrogen) atoms. The maximum Gasteiger partial charge on any atom is 1.00 e. The zero-order chi connectivity index (χ0) is 11.9. The summed E-state index contributed by atoms with van der Waals surface area (Å²) in [5, 5.41) is 4.02. The topological polar surface area (TPSA) is 39.9 Å². The van der Waals surface area contributed by atoms with Gasteiger partial charge in [0.1, 0.15) is 0 Å². The Labute approximate surface area is 119 Å². The van der Waals surface area contributed by atoms with E-state index in [1.54, 1.807) is 4.68 Å². The standard InChI is InChI=1S/C13H14N3O.Li/c1-2-17-13(16-11-14-10-15-16)9-8-12-6-4-3-5-7-12;/h3-10,13H,2H2,1H3;/q-1;+1/b9-8+;. The molecule has 88 valence electrons. The molecule has 0 amide bonds. The van der Waals surface area contributed by atoms with Crippen molar-refractivity contribution in [1.29, 1.82) is 0 Å². The third-order valence-corrected chi connectivity index (χ3v) is 2.23. The van der Waals surface area contributed by atoms with Crippen LogP contribution in [0.25, 0.3) is 6.08 Å². The summed E-state index contributed by atoms with van der Waals surface area (Å²) in [5.74, 6) is 0. The first kappa shape index (κ1) is 14.7. The van der Waals surface area contributed by atoms with Crippen molar-refractivity contribution >= 4 is 6.08 Å². The van der Waals surface area contributed by atoms with Gasteiger partial charge in [-0.3, -0.25) is 5.10 Å². The Morgan fingerprint density at radius 2 is 2.17 bits per heavy atom. The average Bonchev–Trinajstić information content (AvgIpc) is 2.89. The first-order valence-electron chi connectivity index (χ1n) is 5.52. The molecule has 4 nitrogen and oxygen atoms in total. The Morgan fingerprint density at radius 3 is 2.78 bits per heavy atom. The van der Waals surface area contributed by atoms with E-state index in [-0.39, 0.29) is 25.1 Å². The molecule has 1 heterocycles. The molecule has 0 radical (unpaired) electrons. The molecule has 0 N–H and O–H groups in total. The third kappa shape index (κ3) is 4.15. The van der Waals surface area contributed by atoms with Crippen molar-refractivity contribution < 1.29 is 23.6 Å². The normalized spacial score (nSPS) is 12.3. The van der Waals surface area contributed by atoms with E-state index in [0.29, 0.717) is 6.61 Å². The number of hydrogen-bond acceptors (Lipinski definition) is 3. The molecule has 0 bridgehead atoms. The summed E-state index contributed by atoms with van der Waals surface area (Å²) >= 11 is 0. The van der Waals surface area contributed by atoms with Crippen LogP contribution in [0.1, 0.15) is 18.7 Å². The molecular weight excluding hydrogens is 221 g/mol. The van der Waals surface area contributed by atoms with Crippen LogP contribution in [-0.4, -0.2) is 21.4 Å². The number of rotatable bonds is 5. The zero-order valence-corrected chi connectivity index (χ0v) is 10.7. The molecule has 1 unspecified atom stereocenters. The Balaban J connectivity index is 0.00000162. The summed E-state index contributed by atoms with van der Waals surface area (Å²) in [6, 6.07) is 10.0. The van der Waals surface area contributed by atoms with E-state index in [2.05, 4.69) is 16.4 Å². The molecule has 0 spiro atoms. The monoisotopic (exact) mass is 235 g/mol. The number of hydrogen-bond donors (Lipinski definition) is 0. The van der Waals surface area contributed by atoms with Gasteiger partial charge < -0.3 is 14.4 Å². The quantitative estimate of drug-likeness (QED) is 0.510. The van der Waals surface area contributed by atoms with Crippen LogP contribution in [0.15, 0.2) is 42.7 Å². The van der Waals surface area contributed by atoms with Gasteiger partial charge in [0, 0.05) is 6.61 Å². The number of aromatic nitrogens is 3. The van der Waals surface area contributed by atoms with Gasteiger partial charge in [-0.15, -0.1) is 0 Å². The molecule has 1 aromatic carbocycles. The largest absolute Gasteiger partial charge is 1.00 e. The first-order chi connectivity index (χ1) is 8.40. The van der Waals surface area contributed by atoms with Gasteiger partial charge in [0.2, 0.25) is 0 Å². The van der Waals surface area contributed by atoms with Crippen LogP contribution in [0.3, 0.4) is 0 Å². The number of ether oxygens (including phenoxy) is 1. The van der Waals surface area contributed by atoms with Crippen LogP contribution >= 0.6 is 0 Å². The summed E-state index contributed by atoms with van der Waals surface area (Å²) in [6.07, 6.45) is 7.85. The smallest absolute Gasteiger partial charge is 0.420 e. The minimum Gasteiger partial charge on any atom is -0.420 e. The minimum atomic E-state index is -0.261. The molecule has 0 saturated carbocycles. The second kappa shape index (κ2) is 7.88. The van der Waals surface area contributed by atoms with E-state index >= 15 is 0 Å². The van der Waals surface area contributed by atoms with Gasteiger partial charge in [0.05, 0.1) is 0 Å². The predicted molar refractivity (Wildman–Crippen MR) is 65.0 cm³/mol. The molecule has 5 heteroatoms. The van der Waals surface area contributed by atoms with Crippen LogP contribution in [0.2, 0.25) is 0 Å². The van der Waals surface area contributed by atoms with Crippen molar-refractivity contribution in [2.24, 2.45) is 0 Å². The molecule has 0 aliphatic heterocycles. The summed E-state index contributed by atoms with van der Waals surface area (Å²) < 4.78 is 7.11. The number of nitrogens with zero attached hydrogens (tertiary/aromatic N) is 3. The van der Waals surface area contributed by atoms with Crippen LogP contribution in [-0.2, 0) is 4.74 Å². The Hall–Kier alpha value is -1.34. The molecule has 0 aliphatic carbocycles. The molecule has 1 aromatic heterocycles. The van der Waals surface area contributed by atoms with E-state index in [1.807, 2.05) is 49.4 Å². The summed E-state index contributed by atoms with van der Waals surface area (Å²) in [7, 11) is 0. The van der Waals surface area contributed by atoms with Gasteiger partial charge in [-0.05, 0) is 31.2 Å². The Bertz CT molecular complexity index is 456. The van der Waals surface area contributed by atoms with Crippen LogP contribution < -0.4 is 18.9 Å². The fourth-order valence-corrected chi connectivity index (χ4v) is 1.45. The molecule has 1 atom stereocenters. The summed E-state index contributed by atoms with van der Waals surface area (Å²) in [4.78, 5) is 3.79.